The number of benzene rings is 1. The molecule has 0 saturated heterocycles. The second kappa shape index (κ2) is 15.9. The molecule has 0 heterocycles. The number of methoxy groups -OCH3 is 2. The van der Waals surface area contributed by atoms with Gasteiger partial charge in [0.25, 0.3) is 0 Å². The molecule has 5 heteroatoms. The number of hydrogen-bond donors (Lipinski definition) is 1. The van der Waals surface area contributed by atoms with Gasteiger partial charge in [-0.05, 0) is 38.8 Å². The normalized spacial score (nSPS) is 12.5. The molecule has 1 aliphatic rings. The minimum atomic E-state index is -0.374. The molecule has 0 aliphatic heterocycles. The van der Waals surface area contributed by atoms with E-state index in [9.17, 15) is 4.79 Å². The molecule has 1 fully saturated rings. The van der Waals surface area contributed by atoms with E-state index in [4.69, 9.17) is 10.5 Å². The van der Waals surface area contributed by atoms with Crippen LogP contribution in [-0.2, 0) is 4.74 Å². The molecule has 2 rings (SSSR count). The number of hydrogen-bond acceptors (Lipinski definition) is 4. The molecule has 154 valence electrons. The van der Waals surface area contributed by atoms with Gasteiger partial charge in [-0.2, -0.15) is 0 Å². The highest BCUT2D eigenvalue weighted by Crippen LogP contribution is 2.24. The predicted octanol–water partition coefficient (Wildman–Crippen LogP) is 5.52. The van der Waals surface area contributed by atoms with Crippen molar-refractivity contribution < 1.29 is 14.3 Å². The van der Waals surface area contributed by atoms with Gasteiger partial charge in [0.05, 0.1) is 20.1 Å². The summed E-state index contributed by atoms with van der Waals surface area (Å²) in [6.45, 7) is 15.3. The second-order valence-electron chi connectivity index (χ2n) is 6.22. The van der Waals surface area contributed by atoms with Crippen LogP contribution < -0.4 is 10.5 Å². The summed E-state index contributed by atoms with van der Waals surface area (Å²) in [5.41, 5.74) is 7.40. The zero-order chi connectivity index (χ0) is 21.4. The first kappa shape index (κ1) is 26.9. The van der Waals surface area contributed by atoms with E-state index in [1.807, 2.05) is 26.8 Å². The quantitative estimate of drug-likeness (QED) is 0.427. The standard InChI is InChI=1S/C10H12O3.C5H10N2.C5H10.C2H6/c1-7-4-5-9(12-2)8(6-7)10(11)13-3;1-4(2)7-5(3)6;1-5-3-2-4-5;1-2/h4-6H,1-3H3;1H2,2-3H3,(H2,6,7);5H,2-4H2,1H3;1-2H3. The summed E-state index contributed by atoms with van der Waals surface area (Å²) in [6.07, 6.45) is 4.46. The Morgan fingerprint density at radius 1 is 1.22 bits per heavy atom. The molecule has 1 aromatic carbocycles. The lowest BCUT2D eigenvalue weighted by Gasteiger charge is -2.18. The largest absolute Gasteiger partial charge is 0.496 e. The Hall–Kier alpha value is -2.30. The summed E-state index contributed by atoms with van der Waals surface area (Å²) in [7, 11) is 2.88. The Morgan fingerprint density at radius 3 is 2.00 bits per heavy atom. The van der Waals surface area contributed by atoms with Crippen molar-refractivity contribution in [1.82, 2.24) is 0 Å². The van der Waals surface area contributed by atoms with Gasteiger partial charge in [-0.15, -0.1) is 0 Å². The Bertz CT molecular complexity index is 587. The smallest absolute Gasteiger partial charge is 0.341 e. The van der Waals surface area contributed by atoms with Crippen molar-refractivity contribution in [2.24, 2.45) is 16.6 Å². The van der Waals surface area contributed by atoms with Gasteiger partial charge in [-0.1, -0.05) is 58.2 Å². The van der Waals surface area contributed by atoms with Gasteiger partial charge in [0.2, 0.25) is 0 Å². The Kier molecular flexibility index (Phi) is 15.9. The third-order valence-corrected chi connectivity index (χ3v) is 3.52. The van der Waals surface area contributed by atoms with E-state index in [1.165, 1.54) is 33.5 Å². The molecule has 27 heavy (non-hydrogen) atoms. The van der Waals surface area contributed by atoms with Crippen LogP contribution in [0, 0.1) is 12.8 Å². The van der Waals surface area contributed by atoms with Crippen molar-refractivity contribution in [1.29, 1.82) is 0 Å². The summed E-state index contributed by atoms with van der Waals surface area (Å²) in [6, 6.07) is 5.37. The Labute approximate surface area is 165 Å². The van der Waals surface area contributed by atoms with Crippen LogP contribution in [0.25, 0.3) is 0 Å². The average Bonchev–Trinajstić information content (AvgIpc) is 2.60. The van der Waals surface area contributed by atoms with Crippen LogP contribution in [0.1, 0.15) is 69.8 Å². The van der Waals surface area contributed by atoms with E-state index in [2.05, 4.69) is 23.2 Å². The third kappa shape index (κ3) is 13.5. The summed E-state index contributed by atoms with van der Waals surface area (Å²) in [5, 5.41) is 0. The first-order valence-electron chi connectivity index (χ1n) is 9.40. The number of nitrogens with two attached hydrogens (primary N) is 1. The van der Waals surface area contributed by atoms with Crippen LogP contribution in [0.15, 0.2) is 35.5 Å². The summed E-state index contributed by atoms with van der Waals surface area (Å²) < 4.78 is 9.64. The van der Waals surface area contributed by atoms with Crippen molar-refractivity contribution in [3.05, 3.63) is 41.6 Å². The van der Waals surface area contributed by atoms with E-state index in [1.54, 1.807) is 26.0 Å². The summed E-state index contributed by atoms with van der Waals surface area (Å²) in [4.78, 5) is 15.0. The molecule has 5 nitrogen and oxygen atoms in total. The number of rotatable bonds is 3. The van der Waals surface area contributed by atoms with E-state index >= 15 is 0 Å². The maximum absolute atomic E-state index is 11.2. The molecule has 1 saturated carbocycles. The molecule has 0 amide bonds. The van der Waals surface area contributed by atoms with Crippen LogP contribution in [-0.4, -0.2) is 26.0 Å². The SMILES string of the molecule is C=C(C)N=C(C)N.CC.CC1CCC1.COC(=O)c1cc(C)ccc1OC. The van der Waals surface area contributed by atoms with Crippen molar-refractivity contribution in [2.45, 2.75) is 60.8 Å². The predicted molar refractivity (Wildman–Crippen MR) is 116 cm³/mol. The van der Waals surface area contributed by atoms with Crippen LogP contribution in [0.3, 0.4) is 0 Å². The van der Waals surface area contributed by atoms with E-state index in [0.29, 0.717) is 17.1 Å². The third-order valence-electron chi connectivity index (χ3n) is 3.52. The summed E-state index contributed by atoms with van der Waals surface area (Å²) >= 11 is 0. The molecule has 0 bridgehead atoms. The molecule has 0 radical (unpaired) electrons. The number of esters is 1. The molecular weight excluding hydrogens is 340 g/mol. The molecule has 0 spiro atoms. The minimum absolute atomic E-state index is 0.374. The van der Waals surface area contributed by atoms with Crippen molar-refractivity contribution >= 4 is 11.8 Å². The summed E-state index contributed by atoms with van der Waals surface area (Å²) in [5.74, 6) is 1.79. The average molecular weight is 379 g/mol. The number of nitrogens with zero attached hydrogens (tertiary/aromatic N) is 1. The minimum Gasteiger partial charge on any atom is -0.496 e. The van der Waals surface area contributed by atoms with E-state index in [0.717, 1.165) is 17.2 Å². The van der Waals surface area contributed by atoms with E-state index < -0.39 is 0 Å². The lowest BCUT2D eigenvalue weighted by atomic mass is 9.88. The zero-order valence-electron chi connectivity index (χ0n) is 18.4. The van der Waals surface area contributed by atoms with Crippen LogP contribution in [0.4, 0.5) is 0 Å². The topological polar surface area (TPSA) is 73.9 Å². The molecular formula is C22H38N2O3. The maximum Gasteiger partial charge on any atom is 0.341 e. The monoisotopic (exact) mass is 378 g/mol. The highest BCUT2D eigenvalue weighted by atomic mass is 16.5. The number of aryl methyl sites for hydroxylation is 1. The van der Waals surface area contributed by atoms with Crippen LogP contribution >= 0.6 is 0 Å². The van der Waals surface area contributed by atoms with Gasteiger partial charge < -0.3 is 15.2 Å². The number of allylic oxidation sites excluding steroid dienone is 1. The fourth-order valence-corrected chi connectivity index (χ4v) is 2.00. The number of ether oxygens (including phenoxy) is 2. The van der Waals surface area contributed by atoms with Gasteiger partial charge in [-0.3, -0.25) is 0 Å². The number of carbonyl (C=O) groups is 1. The van der Waals surface area contributed by atoms with Crippen molar-refractivity contribution in [2.75, 3.05) is 14.2 Å². The maximum atomic E-state index is 11.2. The highest BCUT2D eigenvalue weighted by molar-refractivity contribution is 5.92. The molecule has 1 aromatic rings. The fraction of sp³-hybridized carbons (Fsp3) is 0.545. The van der Waals surface area contributed by atoms with Crippen molar-refractivity contribution in [3.63, 3.8) is 0 Å². The fourth-order valence-electron chi connectivity index (χ4n) is 2.00. The lowest BCUT2D eigenvalue weighted by Crippen LogP contribution is -2.04. The highest BCUT2D eigenvalue weighted by Gasteiger charge is 2.11. The van der Waals surface area contributed by atoms with Gasteiger partial charge in [-0.25, -0.2) is 9.79 Å². The van der Waals surface area contributed by atoms with Crippen molar-refractivity contribution in [3.8, 4) is 5.75 Å². The van der Waals surface area contributed by atoms with Gasteiger partial charge in [0.15, 0.2) is 0 Å². The first-order chi connectivity index (χ1) is 12.7. The van der Waals surface area contributed by atoms with E-state index in [-0.39, 0.29) is 5.97 Å². The number of aliphatic imine (C=N–C) groups is 1. The van der Waals surface area contributed by atoms with Gasteiger partial charge >= 0.3 is 5.97 Å². The second-order valence-corrected chi connectivity index (χ2v) is 6.22. The number of amidine groups is 1. The molecule has 2 N–H and O–H groups in total. The number of carbonyl (C=O) groups excluding carboxylic acids is 1. The van der Waals surface area contributed by atoms with Gasteiger partial charge in [0, 0.05) is 5.70 Å². The lowest BCUT2D eigenvalue weighted by molar-refractivity contribution is 0.0597. The Balaban J connectivity index is 0. The Morgan fingerprint density at radius 2 is 1.74 bits per heavy atom. The molecule has 0 atom stereocenters. The van der Waals surface area contributed by atoms with Crippen LogP contribution in [0.5, 0.6) is 5.75 Å². The molecule has 0 unspecified atom stereocenters. The van der Waals surface area contributed by atoms with Crippen LogP contribution in [0.2, 0.25) is 0 Å². The zero-order valence-corrected chi connectivity index (χ0v) is 18.4. The first-order valence-corrected chi connectivity index (χ1v) is 9.40. The molecule has 1 aliphatic carbocycles. The molecule has 0 aromatic heterocycles. The van der Waals surface area contributed by atoms with Gasteiger partial charge in [0.1, 0.15) is 11.3 Å².